The number of aryl methyl sites for hydroxylation is 2. The third-order valence-corrected chi connectivity index (χ3v) is 5.06. The molecule has 0 aliphatic heterocycles. The summed E-state index contributed by atoms with van der Waals surface area (Å²) in [5.41, 5.74) is 2.13. The maximum absolute atomic E-state index is 12.5. The molecule has 2 aromatic rings. The lowest BCUT2D eigenvalue weighted by Gasteiger charge is -2.01. The normalized spacial score (nSPS) is 14.4. The lowest BCUT2D eigenvalue weighted by atomic mass is 10.1. The van der Waals surface area contributed by atoms with E-state index in [1.165, 1.54) is 29.7 Å². The number of methoxy groups -OCH3 is 1. The second-order valence-corrected chi connectivity index (χ2v) is 6.31. The van der Waals surface area contributed by atoms with Gasteiger partial charge in [-0.3, -0.25) is 4.79 Å². The lowest BCUT2D eigenvalue weighted by Crippen LogP contribution is -1.98. The summed E-state index contributed by atoms with van der Waals surface area (Å²) in [5.74, 6) is 0.911. The number of fused-ring (bicyclic) bond motifs is 1. The molecule has 104 valence electrons. The van der Waals surface area contributed by atoms with Gasteiger partial charge in [0.1, 0.15) is 5.75 Å². The van der Waals surface area contributed by atoms with E-state index in [2.05, 4.69) is 6.07 Å². The van der Waals surface area contributed by atoms with Crippen LogP contribution < -0.4 is 4.74 Å². The average Bonchev–Trinajstić information content (AvgIpc) is 2.77. The van der Waals surface area contributed by atoms with Crippen LogP contribution in [0.3, 0.4) is 0 Å². The number of hydrogen-bond acceptors (Lipinski definition) is 3. The standard InChI is InChI=1S/C17H18O2S/c1-19-14-9-7-12(8-10-14)17(18)16-11-13-5-3-2-4-6-15(13)20-16/h7-11H,2-6H2,1H3. The fourth-order valence-corrected chi connectivity index (χ4v) is 3.88. The van der Waals surface area contributed by atoms with Gasteiger partial charge in [0, 0.05) is 10.4 Å². The molecule has 2 nitrogen and oxygen atoms in total. The Morgan fingerprint density at radius 3 is 2.60 bits per heavy atom. The first-order chi connectivity index (χ1) is 9.78. The third-order valence-electron chi connectivity index (χ3n) is 3.82. The number of carbonyl (C=O) groups is 1. The monoisotopic (exact) mass is 286 g/mol. The Kier molecular flexibility index (Phi) is 3.88. The Hall–Kier alpha value is -1.61. The third kappa shape index (κ3) is 2.63. The minimum Gasteiger partial charge on any atom is -0.497 e. The van der Waals surface area contributed by atoms with Crippen LogP contribution >= 0.6 is 11.3 Å². The molecular formula is C17H18O2S. The zero-order valence-electron chi connectivity index (χ0n) is 11.6. The zero-order valence-corrected chi connectivity index (χ0v) is 12.5. The van der Waals surface area contributed by atoms with Gasteiger partial charge in [0.15, 0.2) is 0 Å². The summed E-state index contributed by atoms with van der Waals surface area (Å²) >= 11 is 1.68. The highest BCUT2D eigenvalue weighted by Gasteiger charge is 2.17. The van der Waals surface area contributed by atoms with Crippen LogP contribution in [0.5, 0.6) is 5.75 Å². The molecule has 3 heteroatoms. The average molecular weight is 286 g/mol. The molecule has 0 unspecified atom stereocenters. The molecule has 1 aliphatic carbocycles. The van der Waals surface area contributed by atoms with Gasteiger partial charge in [0.2, 0.25) is 5.78 Å². The molecule has 0 N–H and O–H groups in total. The highest BCUT2D eigenvalue weighted by molar-refractivity contribution is 7.14. The lowest BCUT2D eigenvalue weighted by molar-refractivity contribution is 0.104. The molecule has 1 aromatic heterocycles. The molecule has 0 atom stereocenters. The summed E-state index contributed by atoms with van der Waals surface area (Å²) in [6.45, 7) is 0. The summed E-state index contributed by atoms with van der Waals surface area (Å²) in [6.07, 6.45) is 6.07. The van der Waals surface area contributed by atoms with E-state index in [1.54, 1.807) is 18.4 Å². The van der Waals surface area contributed by atoms with Crippen molar-refractivity contribution in [2.75, 3.05) is 7.11 Å². The number of hydrogen-bond donors (Lipinski definition) is 0. The minimum atomic E-state index is 0.130. The van der Waals surface area contributed by atoms with Gasteiger partial charge >= 0.3 is 0 Å². The van der Waals surface area contributed by atoms with Crippen molar-refractivity contribution < 1.29 is 9.53 Å². The number of carbonyl (C=O) groups excluding carboxylic acids is 1. The van der Waals surface area contributed by atoms with Crippen molar-refractivity contribution in [2.45, 2.75) is 32.1 Å². The van der Waals surface area contributed by atoms with Gasteiger partial charge in [-0.15, -0.1) is 11.3 Å². The second kappa shape index (κ2) is 5.80. The Labute approximate surface area is 123 Å². The van der Waals surface area contributed by atoms with E-state index in [4.69, 9.17) is 4.74 Å². The Morgan fingerprint density at radius 2 is 1.85 bits per heavy atom. The molecule has 0 saturated carbocycles. The molecule has 3 rings (SSSR count). The number of ether oxygens (including phenoxy) is 1. The van der Waals surface area contributed by atoms with Crippen LogP contribution in [0.25, 0.3) is 0 Å². The van der Waals surface area contributed by atoms with E-state index >= 15 is 0 Å². The summed E-state index contributed by atoms with van der Waals surface area (Å²) in [6, 6.07) is 9.47. The molecule has 1 aliphatic rings. The first-order valence-electron chi connectivity index (χ1n) is 7.08. The van der Waals surface area contributed by atoms with E-state index in [1.807, 2.05) is 24.3 Å². The molecule has 0 spiro atoms. The van der Waals surface area contributed by atoms with E-state index in [-0.39, 0.29) is 5.78 Å². The van der Waals surface area contributed by atoms with Crippen LogP contribution in [0.15, 0.2) is 30.3 Å². The van der Waals surface area contributed by atoms with E-state index in [9.17, 15) is 4.79 Å². The van der Waals surface area contributed by atoms with Crippen LogP contribution in [0, 0.1) is 0 Å². The van der Waals surface area contributed by atoms with Crippen molar-refractivity contribution in [3.05, 3.63) is 51.2 Å². The smallest absolute Gasteiger partial charge is 0.202 e. The van der Waals surface area contributed by atoms with Crippen molar-refractivity contribution >= 4 is 17.1 Å². The van der Waals surface area contributed by atoms with Gasteiger partial charge in [-0.25, -0.2) is 0 Å². The quantitative estimate of drug-likeness (QED) is 0.622. The molecule has 0 saturated heterocycles. The summed E-state index contributed by atoms with van der Waals surface area (Å²) in [5, 5.41) is 0. The van der Waals surface area contributed by atoms with Gasteiger partial charge in [0.05, 0.1) is 12.0 Å². The van der Waals surface area contributed by atoms with Crippen LogP contribution in [0.4, 0.5) is 0 Å². The van der Waals surface area contributed by atoms with Crippen molar-refractivity contribution in [1.29, 1.82) is 0 Å². The van der Waals surface area contributed by atoms with Crippen molar-refractivity contribution in [2.24, 2.45) is 0 Å². The number of ketones is 1. The van der Waals surface area contributed by atoms with Gasteiger partial charge in [-0.2, -0.15) is 0 Å². The van der Waals surface area contributed by atoms with Gasteiger partial charge in [-0.1, -0.05) is 6.42 Å². The highest BCUT2D eigenvalue weighted by atomic mass is 32.1. The van der Waals surface area contributed by atoms with Crippen LogP contribution in [-0.2, 0) is 12.8 Å². The second-order valence-electron chi connectivity index (χ2n) is 5.18. The fourth-order valence-electron chi connectivity index (χ4n) is 2.66. The van der Waals surface area contributed by atoms with E-state index in [0.29, 0.717) is 0 Å². The van der Waals surface area contributed by atoms with Crippen molar-refractivity contribution in [1.82, 2.24) is 0 Å². The highest BCUT2D eigenvalue weighted by Crippen LogP contribution is 2.30. The molecule has 0 bridgehead atoms. The molecular weight excluding hydrogens is 268 g/mol. The number of thiophene rings is 1. The molecule has 1 aromatic carbocycles. The van der Waals surface area contributed by atoms with Crippen molar-refractivity contribution in [3.8, 4) is 5.75 Å². The van der Waals surface area contributed by atoms with Gasteiger partial charge in [-0.05, 0) is 61.6 Å². The minimum absolute atomic E-state index is 0.130. The SMILES string of the molecule is COc1ccc(C(=O)c2cc3c(s2)CCCCC3)cc1. The predicted molar refractivity (Wildman–Crippen MR) is 82.0 cm³/mol. The van der Waals surface area contributed by atoms with Gasteiger partial charge < -0.3 is 4.74 Å². The Balaban J connectivity index is 1.86. The molecule has 0 amide bonds. The first-order valence-corrected chi connectivity index (χ1v) is 7.90. The Bertz CT molecular complexity index is 587. The summed E-state index contributed by atoms with van der Waals surface area (Å²) in [7, 11) is 1.63. The van der Waals surface area contributed by atoms with Crippen LogP contribution in [0.1, 0.15) is 44.9 Å². The molecule has 20 heavy (non-hydrogen) atoms. The van der Waals surface area contributed by atoms with Crippen LogP contribution in [-0.4, -0.2) is 12.9 Å². The number of rotatable bonds is 3. The maximum atomic E-state index is 12.5. The Morgan fingerprint density at radius 1 is 1.10 bits per heavy atom. The summed E-state index contributed by atoms with van der Waals surface area (Å²) < 4.78 is 5.13. The molecule has 1 heterocycles. The zero-order chi connectivity index (χ0) is 13.9. The number of benzene rings is 1. The van der Waals surface area contributed by atoms with Gasteiger partial charge in [0.25, 0.3) is 0 Å². The first kappa shape index (κ1) is 13.4. The topological polar surface area (TPSA) is 26.3 Å². The molecule has 0 fully saturated rings. The fraction of sp³-hybridized carbons (Fsp3) is 0.353. The predicted octanol–water partition coefficient (Wildman–Crippen LogP) is 4.26. The van der Waals surface area contributed by atoms with E-state index < -0.39 is 0 Å². The van der Waals surface area contributed by atoms with E-state index in [0.717, 1.165) is 29.0 Å². The van der Waals surface area contributed by atoms with Crippen LogP contribution in [0.2, 0.25) is 0 Å². The molecule has 0 radical (unpaired) electrons. The largest absolute Gasteiger partial charge is 0.497 e. The summed E-state index contributed by atoms with van der Waals surface area (Å²) in [4.78, 5) is 14.8. The maximum Gasteiger partial charge on any atom is 0.202 e. The van der Waals surface area contributed by atoms with Crippen molar-refractivity contribution in [3.63, 3.8) is 0 Å².